The van der Waals surface area contributed by atoms with E-state index in [9.17, 15) is 13.4 Å². The van der Waals surface area contributed by atoms with Gasteiger partial charge in [-0.2, -0.15) is 0 Å². The number of rotatable bonds is 3. The predicted octanol–water partition coefficient (Wildman–Crippen LogP) is 1.80. The molecule has 0 aliphatic rings. The molecule has 1 aromatic carbocycles. The summed E-state index contributed by atoms with van der Waals surface area (Å²) in [6.45, 7) is 0. The fourth-order valence-corrected chi connectivity index (χ4v) is 0.781. The second-order valence-corrected chi connectivity index (χ2v) is 2.03. The van der Waals surface area contributed by atoms with Gasteiger partial charge in [0.05, 0.1) is 5.56 Å². The summed E-state index contributed by atoms with van der Waals surface area (Å²) in [4.78, 5) is 10.3. The molecule has 1 rings (SSSR count). The molecule has 0 saturated carbocycles. The summed E-state index contributed by atoms with van der Waals surface area (Å²) in [7, 11) is -2.90. The Bertz CT molecular complexity index is 278. The van der Waals surface area contributed by atoms with Crippen molar-refractivity contribution in [2.24, 2.45) is 0 Å². The van der Waals surface area contributed by atoms with Gasteiger partial charge in [-0.25, -0.2) is 8.63 Å². The molecule has 0 amide bonds. The second kappa shape index (κ2) is 3.85. The predicted molar refractivity (Wildman–Crippen MR) is 40.4 cm³/mol. The van der Waals surface area contributed by atoms with Crippen molar-refractivity contribution in [3.05, 3.63) is 29.8 Å². The molecule has 1 aromatic rings. The average molecular weight is 170 g/mol. The number of benzene rings is 1. The molecule has 0 fully saturated rings. The Hall–Kier alpha value is -1.39. The van der Waals surface area contributed by atoms with Gasteiger partial charge in [0.25, 0.3) is 0 Å². The molecule has 0 bridgehead atoms. The van der Waals surface area contributed by atoms with Gasteiger partial charge >= 0.3 is 7.47 Å². The Balaban J connectivity index is 2.89. The van der Waals surface area contributed by atoms with Gasteiger partial charge in [0.15, 0.2) is 6.29 Å². The van der Waals surface area contributed by atoms with E-state index in [1.54, 1.807) is 6.07 Å². The van der Waals surface area contributed by atoms with Gasteiger partial charge in [-0.15, -0.1) is 0 Å². The van der Waals surface area contributed by atoms with Gasteiger partial charge in [-0.05, 0) is 12.1 Å². The molecule has 0 atom stereocenters. The van der Waals surface area contributed by atoms with Crippen molar-refractivity contribution in [2.45, 2.75) is 0 Å². The molecule has 0 aliphatic carbocycles. The Morgan fingerprint density at radius 3 is 2.58 bits per heavy atom. The Morgan fingerprint density at radius 1 is 1.33 bits per heavy atom. The minimum Gasteiger partial charge on any atom is -0.505 e. The first kappa shape index (κ1) is 8.71. The van der Waals surface area contributed by atoms with Crippen LogP contribution in [0, 0.1) is 0 Å². The summed E-state index contributed by atoms with van der Waals surface area (Å²) in [5.41, 5.74) is 0.123. The zero-order valence-electron chi connectivity index (χ0n) is 6.04. The molecule has 0 N–H and O–H groups in total. The fourth-order valence-electron chi connectivity index (χ4n) is 0.781. The van der Waals surface area contributed by atoms with E-state index in [1.165, 1.54) is 18.2 Å². The SMILES string of the molecule is O=Cc1ccccc1OB(F)F. The highest BCUT2D eigenvalue weighted by atomic mass is 19.2. The van der Waals surface area contributed by atoms with E-state index in [0.29, 0.717) is 6.29 Å². The molecule has 2 nitrogen and oxygen atoms in total. The fraction of sp³-hybridized carbons (Fsp3) is 0. The lowest BCUT2D eigenvalue weighted by Crippen LogP contribution is -2.09. The molecule has 0 aliphatic heterocycles. The highest BCUT2D eigenvalue weighted by molar-refractivity contribution is 6.35. The maximum absolute atomic E-state index is 11.7. The van der Waals surface area contributed by atoms with Gasteiger partial charge in [0, 0.05) is 0 Å². The van der Waals surface area contributed by atoms with Crippen LogP contribution in [0.2, 0.25) is 0 Å². The van der Waals surface area contributed by atoms with Crippen molar-refractivity contribution in [3.8, 4) is 5.75 Å². The Kier molecular flexibility index (Phi) is 2.79. The lowest BCUT2D eigenvalue weighted by Gasteiger charge is -2.03. The topological polar surface area (TPSA) is 26.3 Å². The normalized spacial score (nSPS) is 9.17. The van der Waals surface area contributed by atoms with Crippen LogP contribution >= 0.6 is 0 Å². The number of hydrogen-bond acceptors (Lipinski definition) is 2. The van der Waals surface area contributed by atoms with E-state index in [1.807, 2.05) is 0 Å². The van der Waals surface area contributed by atoms with Crippen LogP contribution in [0.15, 0.2) is 24.3 Å². The molecule has 0 heterocycles. The van der Waals surface area contributed by atoms with Crippen molar-refractivity contribution in [1.29, 1.82) is 0 Å². The maximum atomic E-state index is 11.7. The van der Waals surface area contributed by atoms with E-state index in [4.69, 9.17) is 0 Å². The van der Waals surface area contributed by atoms with Crippen molar-refractivity contribution >= 4 is 13.8 Å². The maximum Gasteiger partial charge on any atom is 0.796 e. The average Bonchev–Trinajstić information content (AvgIpc) is 2.04. The molecule has 62 valence electrons. The van der Waals surface area contributed by atoms with Gasteiger partial charge < -0.3 is 4.65 Å². The van der Waals surface area contributed by atoms with Crippen molar-refractivity contribution < 1.29 is 18.1 Å². The van der Waals surface area contributed by atoms with Gasteiger partial charge in [-0.3, -0.25) is 4.79 Å². The van der Waals surface area contributed by atoms with Crippen LogP contribution in [0.5, 0.6) is 5.75 Å². The molecule has 0 spiro atoms. The summed E-state index contributed by atoms with van der Waals surface area (Å²) in [6.07, 6.45) is 0.470. The lowest BCUT2D eigenvalue weighted by molar-refractivity contribution is 0.112. The molecule has 12 heavy (non-hydrogen) atoms. The van der Waals surface area contributed by atoms with Crippen LogP contribution in [0.3, 0.4) is 0 Å². The third-order valence-corrected chi connectivity index (χ3v) is 1.26. The van der Waals surface area contributed by atoms with E-state index in [0.717, 1.165) is 0 Å². The Labute approximate surface area is 68.4 Å². The summed E-state index contributed by atoms with van der Waals surface area (Å²) in [5.74, 6) is -0.0949. The smallest absolute Gasteiger partial charge is 0.505 e. The van der Waals surface area contributed by atoms with Gasteiger partial charge in [0.2, 0.25) is 0 Å². The number of carbonyl (C=O) groups is 1. The van der Waals surface area contributed by atoms with Gasteiger partial charge in [0.1, 0.15) is 5.75 Å². The van der Waals surface area contributed by atoms with Crippen LogP contribution in [-0.2, 0) is 0 Å². The zero-order chi connectivity index (χ0) is 8.97. The number of halogens is 2. The van der Waals surface area contributed by atoms with Crippen LogP contribution in [0.4, 0.5) is 8.63 Å². The minimum absolute atomic E-state index is 0.0949. The van der Waals surface area contributed by atoms with Crippen molar-refractivity contribution in [3.63, 3.8) is 0 Å². The summed E-state index contributed by atoms with van der Waals surface area (Å²) >= 11 is 0. The van der Waals surface area contributed by atoms with E-state index in [-0.39, 0.29) is 11.3 Å². The molecule has 5 heteroatoms. The molecule has 0 radical (unpaired) electrons. The first-order chi connectivity index (χ1) is 5.74. The molecule has 0 aromatic heterocycles. The molecule has 0 unspecified atom stereocenters. The number of para-hydroxylation sites is 1. The minimum atomic E-state index is -2.90. The number of carbonyl (C=O) groups excluding carboxylic acids is 1. The van der Waals surface area contributed by atoms with E-state index in [2.05, 4.69) is 4.65 Å². The van der Waals surface area contributed by atoms with E-state index >= 15 is 0 Å². The summed E-state index contributed by atoms with van der Waals surface area (Å²) in [5, 5.41) is 0. The molecule has 0 saturated heterocycles. The van der Waals surface area contributed by atoms with Crippen molar-refractivity contribution in [2.75, 3.05) is 0 Å². The van der Waals surface area contributed by atoms with E-state index < -0.39 is 7.47 Å². The quantitative estimate of drug-likeness (QED) is 0.510. The van der Waals surface area contributed by atoms with Crippen LogP contribution < -0.4 is 4.65 Å². The lowest BCUT2D eigenvalue weighted by atomic mass is 10.2. The zero-order valence-corrected chi connectivity index (χ0v) is 6.04. The number of hydrogen-bond donors (Lipinski definition) is 0. The van der Waals surface area contributed by atoms with Crippen molar-refractivity contribution in [1.82, 2.24) is 0 Å². The molecular formula is C7H5BF2O2. The number of aldehydes is 1. The second-order valence-electron chi connectivity index (χ2n) is 2.03. The first-order valence-electron chi connectivity index (χ1n) is 3.23. The Morgan fingerprint density at radius 2 is 2.00 bits per heavy atom. The standard InChI is InChI=1S/C7H5BF2O2/c9-8(10)12-7-4-2-1-3-6(7)5-11/h1-5H. The van der Waals surface area contributed by atoms with Crippen LogP contribution in [0.1, 0.15) is 10.4 Å². The largest absolute Gasteiger partial charge is 0.796 e. The summed E-state index contributed by atoms with van der Waals surface area (Å²) < 4.78 is 27.5. The van der Waals surface area contributed by atoms with Crippen LogP contribution in [0.25, 0.3) is 0 Å². The molecular weight excluding hydrogens is 165 g/mol. The highest BCUT2D eigenvalue weighted by Crippen LogP contribution is 2.16. The van der Waals surface area contributed by atoms with Crippen LogP contribution in [-0.4, -0.2) is 13.8 Å². The monoisotopic (exact) mass is 170 g/mol. The summed E-state index contributed by atoms with van der Waals surface area (Å²) in [6, 6.07) is 5.81. The van der Waals surface area contributed by atoms with Gasteiger partial charge in [-0.1, -0.05) is 12.1 Å². The highest BCUT2D eigenvalue weighted by Gasteiger charge is 2.18. The third-order valence-electron chi connectivity index (χ3n) is 1.26. The first-order valence-corrected chi connectivity index (χ1v) is 3.23. The third kappa shape index (κ3) is 2.05.